The van der Waals surface area contributed by atoms with Gasteiger partial charge in [-0.05, 0) is 59.4 Å². The van der Waals surface area contributed by atoms with E-state index in [-0.39, 0.29) is 0 Å². The number of hydrogen-bond donors (Lipinski definition) is 0. The molecule has 0 heterocycles. The van der Waals surface area contributed by atoms with E-state index in [9.17, 15) is 0 Å². The lowest BCUT2D eigenvalue weighted by Gasteiger charge is -2.21. The maximum atomic E-state index is 5.01. The zero-order valence-corrected chi connectivity index (χ0v) is 27.9. The molecule has 0 amide bonds. The van der Waals surface area contributed by atoms with Crippen LogP contribution in [0.25, 0.3) is 0 Å². The molecule has 0 spiro atoms. The first-order chi connectivity index (χ1) is 23.7. The molecule has 0 bridgehead atoms. The molecule has 0 aromatic heterocycles. The predicted octanol–water partition coefficient (Wildman–Crippen LogP) is 11.1. The molecule has 240 valence electrons. The van der Waals surface area contributed by atoms with Crippen molar-refractivity contribution in [3.63, 3.8) is 0 Å². The van der Waals surface area contributed by atoms with Gasteiger partial charge in [0.2, 0.25) is 0 Å². The van der Waals surface area contributed by atoms with Gasteiger partial charge in [-0.2, -0.15) is 10.2 Å². The third-order valence-corrected chi connectivity index (χ3v) is 7.78. The Balaban J connectivity index is 0.000000188. The standard InChI is InChI=1S/C23H24N2.C21H20N2/c1-2-23(22-16-10-5-11-17-22)24-25(18-20-12-6-3-7-13-20)19-21-14-8-4-9-15-21;1-2-21(18-12-6-3-7-13-18)22-23(19-14-8-4-9-15-19)20-16-10-5-11-17-20/h3-17H,2,18-19H2,1H3;3-17H,2H2,1H3. The molecule has 4 nitrogen and oxygen atoms in total. The largest absolute Gasteiger partial charge is 0.288 e. The molecule has 4 heteroatoms. The Bertz CT molecular complexity index is 1730. The fraction of sp³-hybridized carbons (Fsp3) is 0.136. The first kappa shape index (κ1) is 33.6. The van der Waals surface area contributed by atoms with Crippen molar-refractivity contribution >= 4 is 22.8 Å². The fourth-order valence-electron chi connectivity index (χ4n) is 5.34. The molecular formula is C44H44N4. The summed E-state index contributed by atoms with van der Waals surface area (Å²) in [5, 5.41) is 14.1. The summed E-state index contributed by atoms with van der Waals surface area (Å²) in [5.74, 6) is 0. The molecule has 0 saturated heterocycles. The summed E-state index contributed by atoms with van der Waals surface area (Å²) in [6, 6.07) is 62.3. The summed E-state index contributed by atoms with van der Waals surface area (Å²) >= 11 is 0. The van der Waals surface area contributed by atoms with Crippen LogP contribution in [0.15, 0.2) is 192 Å². The molecule has 0 saturated carbocycles. The monoisotopic (exact) mass is 628 g/mol. The number of hydrazone groups is 2. The van der Waals surface area contributed by atoms with Crippen molar-refractivity contribution in [2.24, 2.45) is 10.2 Å². The number of benzene rings is 6. The molecule has 0 N–H and O–H groups in total. The number of hydrogen-bond acceptors (Lipinski definition) is 4. The lowest BCUT2D eigenvalue weighted by Crippen LogP contribution is -2.19. The van der Waals surface area contributed by atoms with E-state index < -0.39 is 0 Å². The molecule has 0 aliphatic carbocycles. The van der Waals surface area contributed by atoms with E-state index >= 15 is 0 Å². The maximum absolute atomic E-state index is 5.01. The Labute approximate surface area is 286 Å². The van der Waals surface area contributed by atoms with Crippen molar-refractivity contribution in [1.29, 1.82) is 0 Å². The topological polar surface area (TPSA) is 31.2 Å². The molecular weight excluding hydrogens is 585 g/mol. The van der Waals surface area contributed by atoms with Crippen molar-refractivity contribution in [3.05, 3.63) is 204 Å². The van der Waals surface area contributed by atoms with Gasteiger partial charge < -0.3 is 0 Å². The predicted molar refractivity (Wildman–Crippen MR) is 204 cm³/mol. The SMILES string of the molecule is CCC(=NN(Cc1ccccc1)Cc1ccccc1)c1ccccc1.CCC(=NN(c1ccccc1)c1ccccc1)c1ccccc1. The molecule has 0 aliphatic heterocycles. The molecule has 0 fully saturated rings. The van der Waals surface area contributed by atoms with E-state index in [1.165, 1.54) is 16.7 Å². The number of nitrogens with zero attached hydrogens (tertiary/aromatic N) is 4. The van der Waals surface area contributed by atoms with Crippen molar-refractivity contribution in [2.75, 3.05) is 5.01 Å². The van der Waals surface area contributed by atoms with Crippen LogP contribution in [0.2, 0.25) is 0 Å². The summed E-state index contributed by atoms with van der Waals surface area (Å²) < 4.78 is 0. The smallest absolute Gasteiger partial charge is 0.0683 e. The van der Waals surface area contributed by atoms with E-state index in [1.807, 2.05) is 53.5 Å². The Hall–Kier alpha value is -5.74. The molecule has 6 aromatic rings. The third kappa shape index (κ3) is 10.1. The zero-order valence-electron chi connectivity index (χ0n) is 27.9. The van der Waals surface area contributed by atoms with Crippen LogP contribution >= 0.6 is 0 Å². The minimum atomic E-state index is 0.798. The highest BCUT2D eigenvalue weighted by Crippen LogP contribution is 2.26. The van der Waals surface area contributed by atoms with Crippen LogP contribution in [0.5, 0.6) is 0 Å². The third-order valence-electron chi connectivity index (χ3n) is 7.78. The van der Waals surface area contributed by atoms with Gasteiger partial charge in [-0.15, -0.1) is 0 Å². The first-order valence-corrected chi connectivity index (χ1v) is 16.7. The van der Waals surface area contributed by atoms with Crippen LogP contribution in [-0.4, -0.2) is 16.4 Å². The van der Waals surface area contributed by atoms with Crippen molar-refractivity contribution in [3.8, 4) is 0 Å². The molecule has 0 aliphatic rings. The highest BCUT2D eigenvalue weighted by Gasteiger charge is 2.11. The van der Waals surface area contributed by atoms with Gasteiger partial charge in [-0.1, -0.05) is 172 Å². The van der Waals surface area contributed by atoms with Gasteiger partial charge in [-0.3, -0.25) is 5.01 Å². The summed E-state index contributed by atoms with van der Waals surface area (Å²) in [7, 11) is 0. The number of anilines is 2. The second kappa shape index (κ2) is 18.4. The second-order valence-corrected chi connectivity index (χ2v) is 11.3. The van der Waals surface area contributed by atoms with Gasteiger partial charge in [0, 0.05) is 0 Å². The molecule has 0 radical (unpaired) electrons. The van der Waals surface area contributed by atoms with E-state index in [0.29, 0.717) is 0 Å². The minimum absolute atomic E-state index is 0.798. The maximum Gasteiger partial charge on any atom is 0.0683 e. The average molecular weight is 629 g/mol. The van der Waals surface area contributed by atoms with Gasteiger partial charge in [0.05, 0.1) is 35.9 Å². The molecule has 48 heavy (non-hydrogen) atoms. The Morgan fingerprint density at radius 1 is 0.396 bits per heavy atom. The van der Waals surface area contributed by atoms with Crippen LogP contribution in [0, 0.1) is 0 Å². The van der Waals surface area contributed by atoms with Crippen LogP contribution in [-0.2, 0) is 13.1 Å². The second-order valence-electron chi connectivity index (χ2n) is 11.3. The highest BCUT2D eigenvalue weighted by molar-refractivity contribution is 6.01. The summed E-state index contributed by atoms with van der Waals surface area (Å²) in [6.07, 6.45) is 1.78. The van der Waals surface area contributed by atoms with Crippen molar-refractivity contribution in [1.82, 2.24) is 5.01 Å². The summed E-state index contributed by atoms with van der Waals surface area (Å²) in [6.45, 7) is 5.90. The van der Waals surface area contributed by atoms with E-state index in [0.717, 1.165) is 54.3 Å². The van der Waals surface area contributed by atoms with Gasteiger partial charge >= 0.3 is 0 Å². The van der Waals surface area contributed by atoms with E-state index in [4.69, 9.17) is 10.2 Å². The van der Waals surface area contributed by atoms with Gasteiger partial charge in [0.1, 0.15) is 0 Å². The summed E-state index contributed by atoms with van der Waals surface area (Å²) in [5.41, 5.74) is 9.19. The Morgan fingerprint density at radius 2 is 0.708 bits per heavy atom. The Morgan fingerprint density at radius 3 is 1.06 bits per heavy atom. The van der Waals surface area contributed by atoms with Gasteiger partial charge in [0.25, 0.3) is 0 Å². The van der Waals surface area contributed by atoms with E-state index in [1.54, 1.807) is 0 Å². The lowest BCUT2D eigenvalue weighted by molar-refractivity contribution is 0.270. The zero-order chi connectivity index (χ0) is 33.2. The van der Waals surface area contributed by atoms with Gasteiger partial charge in [0.15, 0.2) is 0 Å². The van der Waals surface area contributed by atoms with Crippen LogP contribution < -0.4 is 5.01 Å². The molecule has 0 unspecified atom stereocenters. The van der Waals surface area contributed by atoms with Crippen molar-refractivity contribution < 1.29 is 0 Å². The molecule has 6 rings (SSSR count). The van der Waals surface area contributed by atoms with Gasteiger partial charge in [-0.25, -0.2) is 5.01 Å². The number of para-hydroxylation sites is 2. The lowest BCUT2D eigenvalue weighted by atomic mass is 10.1. The van der Waals surface area contributed by atoms with E-state index in [2.05, 4.69) is 152 Å². The number of rotatable bonds is 12. The average Bonchev–Trinajstić information content (AvgIpc) is 3.17. The first-order valence-electron chi connectivity index (χ1n) is 16.7. The quantitative estimate of drug-likeness (QED) is 0.0997. The summed E-state index contributed by atoms with van der Waals surface area (Å²) in [4.78, 5) is 0. The van der Waals surface area contributed by atoms with Crippen LogP contribution in [0.4, 0.5) is 11.4 Å². The molecule has 0 atom stereocenters. The van der Waals surface area contributed by atoms with Crippen molar-refractivity contribution in [2.45, 2.75) is 39.8 Å². The normalized spacial score (nSPS) is 11.3. The minimum Gasteiger partial charge on any atom is -0.288 e. The highest BCUT2D eigenvalue weighted by atomic mass is 15.5. The fourth-order valence-corrected chi connectivity index (χ4v) is 5.34. The van der Waals surface area contributed by atoms with Crippen LogP contribution in [0.3, 0.4) is 0 Å². The molecule has 6 aromatic carbocycles. The van der Waals surface area contributed by atoms with Crippen LogP contribution in [0.1, 0.15) is 48.9 Å². The Kier molecular flexibility index (Phi) is 12.9.